The lowest BCUT2D eigenvalue weighted by atomic mass is 9.96. The number of nitro benzene ring substituents is 1. The molecule has 0 aliphatic heterocycles. The minimum absolute atomic E-state index is 0.0281. The Morgan fingerprint density at radius 3 is 2.17 bits per heavy atom. The van der Waals surface area contributed by atoms with Gasteiger partial charge in [-0.05, 0) is 62.1 Å². The Labute approximate surface area is 135 Å². The van der Waals surface area contributed by atoms with Crippen molar-refractivity contribution in [2.75, 3.05) is 0 Å². The number of hydrogen-bond donors (Lipinski definition) is 1. The summed E-state index contributed by atoms with van der Waals surface area (Å²) < 4.78 is 0. The highest BCUT2D eigenvalue weighted by Crippen LogP contribution is 2.22. The zero-order valence-corrected chi connectivity index (χ0v) is 13.7. The minimum Gasteiger partial charge on any atom is -0.346 e. The second-order valence-electron chi connectivity index (χ2n) is 5.79. The van der Waals surface area contributed by atoms with Gasteiger partial charge in [-0.25, -0.2) is 0 Å². The molecule has 2 aromatic rings. The Morgan fingerprint density at radius 1 is 1.04 bits per heavy atom. The number of rotatable bonds is 4. The molecule has 0 fully saturated rings. The molecule has 0 saturated carbocycles. The van der Waals surface area contributed by atoms with Gasteiger partial charge in [0.15, 0.2) is 0 Å². The van der Waals surface area contributed by atoms with Gasteiger partial charge in [-0.3, -0.25) is 14.9 Å². The molecule has 1 amide bonds. The Kier molecular flexibility index (Phi) is 4.79. The number of carbonyl (C=O) groups excluding carboxylic acids is 1. The summed E-state index contributed by atoms with van der Waals surface area (Å²) in [5.41, 5.74) is 4.98. The molecule has 0 unspecified atom stereocenters. The lowest BCUT2D eigenvalue weighted by Crippen LogP contribution is -2.27. The number of non-ortho nitro benzene ring substituents is 1. The summed E-state index contributed by atoms with van der Waals surface area (Å²) in [5, 5.41) is 13.6. The van der Waals surface area contributed by atoms with Gasteiger partial charge in [0.1, 0.15) is 0 Å². The minimum atomic E-state index is -0.483. The van der Waals surface area contributed by atoms with Crippen LogP contribution in [0.3, 0.4) is 0 Å². The Bertz CT molecular complexity index is 752. The molecule has 0 aliphatic rings. The molecule has 2 rings (SSSR count). The summed E-state index contributed by atoms with van der Waals surface area (Å²) in [6.07, 6.45) is 0. The summed E-state index contributed by atoms with van der Waals surface area (Å²) >= 11 is 0. The standard InChI is InChI=1S/C18H20N2O3/c1-11-9-13(3)17(10-12(11)2)14(4)19-18(21)15-5-7-16(8-6-15)20(22)23/h5-10,14H,1-4H3,(H,19,21)/t14-/m1/s1. The third-order valence-electron chi connectivity index (χ3n) is 4.04. The van der Waals surface area contributed by atoms with Gasteiger partial charge in [-0.2, -0.15) is 0 Å². The first kappa shape index (κ1) is 16.7. The van der Waals surface area contributed by atoms with Crippen LogP contribution in [0.2, 0.25) is 0 Å². The summed E-state index contributed by atoms with van der Waals surface area (Å²) in [6.45, 7) is 8.06. The topological polar surface area (TPSA) is 72.2 Å². The monoisotopic (exact) mass is 312 g/mol. The highest BCUT2D eigenvalue weighted by molar-refractivity contribution is 5.94. The number of nitro groups is 1. The number of nitrogens with one attached hydrogen (secondary N) is 1. The van der Waals surface area contributed by atoms with Crippen LogP contribution in [0.4, 0.5) is 5.69 Å². The Hall–Kier alpha value is -2.69. The lowest BCUT2D eigenvalue weighted by Gasteiger charge is -2.18. The van der Waals surface area contributed by atoms with E-state index in [1.54, 1.807) is 0 Å². The van der Waals surface area contributed by atoms with Crippen LogP contribution in [-0.2, 0) is 0 Å². The van der Waals surface area contributed by atoms with Crippen molar-refractivity contribution in [1.82, 2.24) is 5.32 Å². The smallest absolute Gasteiger partial charge is 0.269 e. The predicted molar refractivity (Wildman–Crippen MR) is 89.6 cm³/mol. The molecule has 0 heterocycles. The Morgan fingerprint density at radius 2 is 1.61 bits per heavy atom. The quantitative estimate of drug-likeness (QED) is 0.685. The van der Waals surface area contributed by atoms with Crippen molar-refractivity contribution in [1.29, 1.82) is 0 Å². The zero-order valence-electron chi connectivity index (χ0n) is 13.7. The maximum atomic E-state index is 12.3. The van der Waals surface area contributed by atoms with Gasteiger partial charge in [0.25, 0.3) is 11.6 Å². The van der Waals surface area contributed by atoms with E-state index in [4.69, 9.17) is 0 Å². The molecule has 0 aliphatic carbocycles. The van der Waals surface area contributed by atoms with Gasteiger partial charge in [0, 0.05) is 17.7 Å². The van der Waals surface area contributed by atoms with E-state index in [0.717, 1.165) is 11.1 Å². The third kappa shape index (κ3) is 3.74. The number of amides is 1. The molecule has 1 N–H and O–H groups in total. The van der Waals surface area contributed by atoms with Crippen LogP contribution < -0.4 is 5.32 Å². The zero-order chi connectivity index (χ0) is 17.1. The first-order valence-electron chi connectivity index (χ1n) is 7.42. The van der Waals surface area contributed by atoms with Crippen LogP contribution in [0.25, 0.3) is 0 Å². The average Bonchev–Trinajstić information content (AvgIpc) is 2.50. The van der Waals surface area contributed by atoms with E-state index in [1.807, 2.05) is 20.8 Å². The van der Waals surface area contributed by atoms with Crippen LogP contribution in [-0.4, -0.2) is 10.8 Å². The number of nitrogens with zero attached hydrogens (tertiary/aromatic N) is 1. The van der Waals surface area contributed by atoms with Gasteiger partial charge in [0.2, 0.25) is 0 Å². The molecule has 1 atom stereocenters. The van der Waals surface area contributed by atoms with Crippen LogP contribution >= 0.6 is 0 Å². The fourth-order valence-electron chi connectivity index (χ4n) is 2.54. The molecular weight excluding hydrogens is 292 g/mol. The summed E-state index contributed by atoms with van der Waals surface area (Å²) in [6, 6.07) is 9.66. The van der Waals surface area contributed by atoms with E-state index in [2.05, 4.69) is 24.4 Å². The van der Waals surface area contributed by atoms with Crippen molar-refractivity contribution < 1.29 is 9.72 Å². The van der Waals surface area contributed by atoms with Crippen LogP contribution in [0.1, 0.15) is 45.6 Å². The van der Waals surface area contributed by atoms with Gasteiger partial charge in [-0.15, -0.1) is 0 Å². The Balaban J connectivity index is 2.16. The molecule has 0 aromatic heterocycles. The molecule has 120 valence electrons. The van der Waals surface area contributed by atoms with Crippen molar-refractivity contribution >= 4 is 11.6 Å². The normalized spacial score (nSPS) is 11.8. The maximum Gasteiger partial charge on any atom is 0.269 e. The average molecular weight is 312 g/mol. The molecule has 0 bridgehead atoms. The number of aryl methyl sites for hydroxylation is 3. The highest BCUT2D eigenvalue weighted by Gasteiger charge is 2.15. The molecule has 23 heavy (non-hydrogen) atoms. The van der Waals surface area contributed by atoms with Gasteiger partial charge < -0.3 is 5.32 Å². The second-order valence-corrected chi connectivity index (χ2v) is 5.79. The molecule has 0 saturated heterocycles. The van der Waals surface area contributed by atoms with E-state index in [1.165, 1.54) is 35.4 Å². The van der Waals surface area contributed by atoms with Gasteiger partial charge in [0.05, 0.1) is 11.0 Å². The summed E-state index contributed by atoms with van der Waals surface area (Å²) in [7, 11) is 0. The fraction of sp³-hybridized carbons (Fsp3) is 0.278. The third-order valence-corrected chi connectivity index (χ3v) is 4.04. The first-order chi connectivity index (χ1) is 10.8. The van der Waals surface area contributed by atoms with E-state index < -0.39 is 4.92 Å². The van der Waals surface area contributed by atoms with Crippen molar-refractivity contribution in [2.45, 2.75) is 33.7 Å². The van der Waals surface area contributed by atoms with E-state index in [-0.39, 0.29) is 17.6 Å². The van der Waals surface area contributed by atoms with Crippen molar-refractivity contribution in [3.63, 3.8) is 0 Å². The van der Waals surface area contributed by atoms with Crippen LogP contribution in [0.15, 0.2) is 36.4 Å². The number of carbonyl (C=O) groups is 1. The van der Waals surface area contributed by atoms with Crippen molar-refractivity contribution in [3.8, 4) is 0 Å². The second kappa shape index (κ2) is 6.60. The van der Waals surface area contributed by atoms with Crippen molar-refractivity contribution in [3.05, 3.63) is 74.3 Å². The van der Waals surface area contributed by atoms with Crippen LogP contribution in [0, 0.1) is 30.9 Å². The lowest BCUT2D eigenvalue weighted by molar-refractivity contribution is -0.384. The molecule has 5 heteroatoms. The van der Waals surface area contributed by atoms with E-state index in [0.29, 0.717) is 5.56 Å². The predicted octanol–water partition coefficient (Wildman–Crippen LogP) is 4.01. The molecule has 5 nitrogen and oxygen atoms in total. The molecule has 2 aromatic carbocycles. The number of benzene rings is 2. The van der Waals surface area contributed by atoms with Gasteiger partial charge in [-0.1, -0.05) is 12.1 Å². The molecule has 0 spiro atoms. The summed E-state index contributed by atoms with van der Waals surface area (Å²) in [5.74, 6) is -0.245. The number of hydrogen-bond acceptors (Lipinski definition) is 3. The van der Waals surface area contributed by atoms with Gasteiger partial charge >= 0.3 is 0 Å². The first-order valence-corrected chi connectivity index (χ1v) is 7.42. The maximum absolute atomic E-state index is 12.3. The van der Waals surface area contributed by atoms with E-state index >= 15 is 0 Å². The summed E-state index contributed by atoms with van der Waals surface area (Å²) in [4.78, 5) is 22.5. The molecular formula is C18H20N2O3. The van der Waals surface area contributed by atoms with Crippen LogP contribution in [0.5, 0.6) is 0 Å². The largest absolute Gasteiger partial charge is 0.346 e. The molecule has 0 radical (unpaired) electrons. The fourth-order valence-corrected chi connectivity index (χ4v) is 2.54. The highest BCUT2D eigenvalue weighted by atomic mass is 16.6. The van der Waals surface area contributed by atoms with Crippen molar-refractivity contribution in [2.24, 2.45) is 0 Å². The van der Waals surface area contributed by atoms with E-state index in [9.17, 15) is 14.9 Å². The SMILES string of the molecule is Cc1cc(C)c([C@@H](C)NC(=O)c2ccc([N+](=O)[O-])cc2)cc1C.